The number of halogens is 2. The predicted molar refractivity (Wildman–Crippen MR) is 91.5 cm³/mol. The number of carbonyl (C=O) groups is 1. The van der Waals surface area contributed by atoms with Gasteiger partial charge in [-0.05, 0) is 12.1 Å². The summed E-state index contributed by atoms with van der Waals surface area (Å²) >= 11 is 5.99. The third kappa shape index (κ3) is 3.46. The maximum Gasteiger partial charge on any atom is 0.227 e. The number of nitrogens with zero attached hydrogens (tertiary/aromatic N) is 3. The van der Waals surface area contributed by atoms with Crippen LogP contribution in [0.3, 0.4) is 0 Å². The number of hydrogen-bond donors (Lipinski definition) is 0. The van der Waals surface area contributed by atoms with Gasteiger partial charge in [0.2, 0.25) is 5.91 Å². The van der Waals surface area contributed by atoms with Gasteiger partial charge in [-0.25, -0.2) is 9.37 Å². The molecule has 128 valence electrons. The molecule has 2 aromatic rings. The second-order valence-corrected chi connectivity index (χ2v) is 7.04. The van der Waals surface area contributed by atoms with Crippen LogP contribution < -0.4 is 0 Å². The van der Waals surface area contributed by atoms with E-state index in [9.17, 15) is 9.18 Å². The molecule has 0 N–H and O–H groups in total. The minimum absolute atomic E-state index is 0.0144. The fourth-order valence-electron chi connectivity index (χ4n) is 3.11. The van der Waals surface area contributed by atoms with Crippen LogP contribution in [-0.2, 0) is 17.8 Å². The molecule has 6 heteroatoms. The minimum atomic E-state index is -0.423. The molecule has 0 unspecified atom stereocenters. The molecule has 1 saturated heterocycles. The molecule has 1 aliphatic rings. The summed E-state index contributed by atoms with van der Waals surface area (Å²) in [5, 5.41) is 0.306. The van der Waals surface area contributed by atoms with Crippen molar-refractivity contribution in [1.29, 1.82) is 0 Å². The monoisotopic (exact) mass is 349 g/mol. The van der Waals surface area contributed by atoms with Crippen LogP contribution in [0.15, 0.2) is 30.6 Å². The van der Waals surface area contributed by atoms with Crippen molar-refractivity contribution >= 4 is 17.5 Å². The number of likely N-dealkylation sites (tertiary alicyclic amines) is 1. The molecule has 0 spiro atoms. The van der Waals surface area contributed by atoms with Gasteiger partial charge in [-0.1, -0.05) is 31.5 Å². The maximum absolute atomic E-state index is 13.8. The molecule has 1 fully saturated rings. The number of aromatic nitrogens is 2. The van der Waals surface area contributed by atoms with Gasteiger partial charge in [0, 0.05) is 54.4 Å². The van der Waals surface area contributed by atoms with E-state index < -0.39 is 5.82 Å². The van der Waals surface area contributed by atoms with Crippen molar-refractivity contribution in [1.82, 2.24) is 14.5 Å². The molecular weight excluding hydrogens is 329 g/mol. The second kappa shape index (κ2) is 6.93. The van der Waals surface area contributed by atoms with Crippen LogP contribution >= 0.6 is 11.6 Å². The number of carbonyl (C=O) groups excluding carboxylic acids is 1. The zero-order valence-electron chi connectivity index (χ0n) is 13.9. The van der Waals surface area contributed by atoms with Crippen molar-refractivity contribution in [2.24, 2.45) is 5.92 Å². The quantitative estimate of drug-likeness (QED) is 0.828. The fraction of sp³-hybridized carbons (Fsp3) is 0.444. The van der Waals surface area contributed by atoms with Gasteiger partial charge >= 0.3 is 0 Å². The summed E-state index contributed by atoms with van der Waals surface area (Å²) in [7, 11) is 0. The van der Waals surface area contributed by atoms with Crippen LogP contribution in [0.25, 0.3) is 0 Å². The summed E-state index contributed by atoms with van der Waals surface area (Å²) in [4.78, 5) is 18.4. The van der Waals surface area contributed by atoms with E-state index in [1.165, 1.54) is 6.07 Å². The Morgan fingerprint density at radius 1 is 1.42 bits per heavy atom. The van der Waals surface area contributed by atoms with E-state index in [4.69, 9.17) is 11.6 Å². The molecule has 1 aliphatic heterocycles. The number of amides is 1. The van der Waals surface area contributed by atoms with Gasteiger partial charge in [-0.3, -0.25) is 4.79 Å². The van der Waals surface area contributed by atoms with Crippen molar-refractivity contribution in [3.8, 4) is 0 Å². The van der Waals surface area contributed by atoms with E-state index in [0.29, 0.717) is 29.9 Å². The second-order valence-electron chi connectivity index (χ2n) is 6.63. The lowest BCUT2D eigenvalue weighted by molar-refractivity contribution is -0.137. The van der Waals surface area contributed by atoms with Gasteiger partial charge in [0.15, 0.2) is 0 Å². The lowest BCUT2D eigenvalue weighted by Gasteiger charge is -2.40. The topological polar surface area (TPSA) is 38.1 Å². The van der Waals surface area contributed by atoms with Crippen LogP contribution in [0, 0.1) is 11.7 Å². The van der Waals surface area contributed by atoms with Crippen molar-refractivity contribution in [3.05, 3.63) is 52.8 Å². The van der Waals surface area contributed by atoms with Crippen molar-refractivity contribution in [2.45, 2.75) is 32.7 Å². The van der Waals surface area contributed by atoms with Crippen molar-refractivity contribution in [3.63, 3.8) is 0 Å². The van der Waals surface area contributed by atoms with Crippen LogP contribution in [0.2, 0.25) is 5.02 Å². The first kappa shape index (κ1) is 17.0. The highest BCUT2D eigenvalue weighted by Gasteiger charge is 2.31. The summed E-state index contributed by atoms with van der Waals surface area (Å²) < 4.78 is 15.9. The van der Waals surface area contributed by atoms with Crippen LogP contribution in [0.5, 0.6) is 0 Å². The lowest BCUT2D eigenvalue weighted by Crippen LogP contribution is -2.52. The molecule has 0 radical (unpaired) electrons. The number of hydrogen-bond acceptors (Lipinski definition) is 2. The highest BCUT2D eigenvalue weighted by atomic mass is 35.5. The third-order valence-electron chi connectivity index (χ3n) is 4.42. The van der Waals surface area contributed by atoms with Crippen LogP contribution in [0.4, 0.5) is 4.39 Å². The molecule has 2 heterocycles. The summed E-state index contributed by atoms with van der Waals surface area (Å²) in [6, 6.07) is 4.49. The van der Waals surface area contributed by atoms with Gasteiger partial charge in [-0.15, -0.1) is 0 Å². The summed E-state index contributed by atoms with van der Waals surface area (Å²) in [5.74, 6) is 1.36. The van der Waals surface area contributed by atoms with Gasteiger partial charge in [0.05, 0.1) is 6.42 Å². The molecule has 1 amide bonds. The van der Waals surface area contributed by atoms with E-state index in [2.05, 4.69) is 23.4 Å². The van der Waals surface area contributed by atoms with Gasteiger partial charge in [0.1, 0.15) is 11.6 Å². The molecule has 24 heavy (non-hydrogen) atoms. The lowest BCUT2D eigenvalue weighted by atomic mass is 9.98. The van der Waals surface area contributed by atoms with Gasteiger partial charge in [-0.2, -0.15) is 0 Å². The zero-order valence-corrected chi connectivity index (χ0v) is 14.6. The Bertz CT molecular complexity index is 717. The van der Waals surface area contributed by atoms with Crippen LogP contribution in [-0.4, -0.2) is 33.4 Å². The van der Waals surface area contributed by atoms with E-state index in [1.807, 2.05) is 12.4 Å². The minimum Gasteiger partial charge on any atom is -0.342 e. The first-order chi connectivity index (χ1) is 11.5. The molecule has 3 rings (SSSR count). The van der Waals surface area contributed by atoms with E-state index in [-0.39, 0.29) is 17.9 Å². The Labute approximate surface area is 146 Å². The Morgan fingerprint density at radius 3 is 2.83 bits per heavy atom. The number of benzene rings is 1. The third-order valence-corrected chi connectivity index (χ3v) is 4.77. The summed E-state index contributed by atoms with van der Waals surface area (Å²) in [6.07, 6.45) is 3.82. The SMILES string of the molecule is CC(C)c1nccn1CC1CN(C(=O)Cc2c(F)cccc2Cl)C1. The summed E-state index contributed by atoms with van der Waals surface area (Å²) in [5.41, 5.74) is 0.282. The van der Waals surface area contributed by atoms with E-state index >= 15 is 0 Å². The Balaban J connectivity index is 1.55. The van der Waals surface area contributed by atoms with E-state index in [0.717, 1.165) is 12.4 Å². The van der Waals surface area contributed by atoms with Gasteiger partial charge < -0.3 is 9.47 Å². The molecule has 0 atom stereocenters. The maximum atomic E-state index is 13.8. The molecular formula is C18H21ClFN3O. The van der Waals surface area contributed by atoms with Crippen molar-refractivity contribution in [2.75, 3.05) is 13.1 Å². The Morgan fingerprint density at radius 2 is 2.17 bits per heavy atom. The molecule has 0 bridgehead atoms. The fourth-order valence-corrected chi connectivity index (χ4v) is 3.34. The smallest absolute Gasteiger partial charge is 0.227 e. The predicted octanol–water partition coefficient (Wildman–Crippen LogP) is 3.50. The van der Waals surface area contributed by atoms with Gasteiger partial charge in [0.25, 0.3) is 0 Å². The normalized spacial score (nSPS) is 15.0. The Kier molecular flexibility index (Phi) is 4.90. The first-order valence-electron chi connectivity index (χ1n) is 8.17. The molecule has 1 aromatic heterocycles. The van der Waals surface area contributed by atoms with Crippen molar-refractivity contribution < 1.29 is 9.18 Å². The molecule has 0 aliphatic carbocycles. The van der Waals surface area contributed by atoms with Crippen LogP contribution in [0.1, 0.15) is 31.2 Å². The molecule has 4 nitrogen and oxygen atoms in total. The molecule has 1 aromatic carbocycles. The highest BCUT2D eigenvalue weighted by molar-refractivity contribution is 6.31. The zero-order chi connectivity index (χ0) is 17.3. The molecule has 0 saturated carbocycles. The highest BCUT2D eigenvalue weighted by Crippen LogP contribution is 2.24. The number of imidazole rings is 1. The standard InChI is InChI=1S/C18H21ClFN3O/c1-12(2)18-21-6-7-22(18)9-13-10-23(11-13)17(24)8-14-15(19)4-3-5-16(14)20/h3-7,12-13H,8-11H2,1-2H3. The average molecular weight is 350 g/mol. The Hall–Kier alpha value is -1.88. The largest absolute Gasteiger partial charge is 0.342 e. The summed E-state index contributed by atoms with van der Waals surface area (Å²) in [6.45, 7) is 6.49. The first-order valence-corrected chi connectivity index (χ1v) is 8.55. The average Bonchev–Trinajstić information content (AvgIpc) is 2.94. The van der Waals surface area contributed by atoms with E-state index in [1.54, 1.807) is 17.0 Å². The number of rotatable bonds is 5.